The van der Waals surface area contributed by atoms with Gasteiger partial charge in [0.2, 0.25) is 9.84 Å². The molecule has 8 heteroatoms. The molecular weight excluding hydrogens is 412 g/mol. The van der Waals surface area contributed by atoms with Crippen LogP contribution in [0.25, 0.3) is 22.8 Å². The van der Waals surface area contributed by atoms with Crippen molar-refractivity contribution in [1.82, 2.24) is 20.5 Å². The van der Waals surface area contributed by atoms with Gasteiger partial charge in [0.15, 0.2) is 17.1 Å². The Balaban J connectivity index is 1.44. The van der Waals surface area contributed by atoms with Crippen LogP contribution < -0.4 is 5.32 Å². The summed E-state index contributed by atoms with van der Waals surface area (Å²) in [5, 5.41) is 11.8. The predicted octanol–water partition coefficient (Wildman–Crippen LogP) is 3.48. The largest absolute Gasteiger partial charge is 0.355 e. The maximum Gasteiger partial charge on any atom is 0.205 e. The first kappa shape index (κ1) is 20.4. The lowest BCUT2D eigenvalue weighted by atomic mass is 9.90. The van der Waals surface area contributed by atoms with Crippen molar-refractivity contribution in [1.29, 1.82) is 0 Å². The van der Waals surface area contributed by atoms with Gasteiger partial charge in [0.1, 0.15) is 0 Å². The Hall–Kier alpha value is -2.55. The SMILES string of the molecule is Cc1ccc(-c2nnc(-c3ccccc3)[nH]2)cc1S(=O)(=O)C1CCC2(CCNCC2)O1. The van der Waals surface area contributed by atoms with Gasteiger partial charge in [0.05, 0.1) is 10.5 Å². The molecule has 0 bridgehead atoms. The zero-order valence-corrected chi connectivity index (χ0v) is 18.3. The van der Waals surface area contributed by atoms with E-state index in [2.05, 4.69) is 20.5 Å². The fourth-order valence-electron chi connectivity index (χ4n) is 4.56. The number of aryl methyl sites for hydroxylation is 1. The molecule has 0 aliphatic carbocycles. The van der Waals surface area contributed by atoms with Crippen LogP contribution in [0, 0.1) is 6.92 Å². The molecule has 2 N–H and O–H groups in total. The highest BCUT2D eigenvalue weighted by molar-refractivity contribution is 7.92. The summed E-state index contributed by atoms with van der Waals surface area (Å²) in [6.45, 7) is 3.56. The normalized spacial score (nSPS) is 20.9. The Morgan fingerprint density at radius 1 is 0.968 bits per heavy atom. The smallest absolute Gasteiger partial charge is 0.205 e. The molecule has 0 radical (unpaired) electrons. The number of benzene rings is 2. The summed E-state index contributed by atoms with van der Waals surface area (Å²) in [7, 11) is -3.63. The van der Waals surface area contributed by atoms with Gasteiger partial charge in [-0.3, -0.25) is 0 Å². The van der Waals surface area contributed by atoms with E-state index in [4.69, 9.17) is 4.74 Å². The monoisotopic (exact) mass is 438 g/mol. The number of H-pyrrole nitrogens is 1. The highest BCUT2D eigenvalue weighted by Crippen LogP contribution is 2.41. The molecule has 2 saturated heterocycles. The number of ether oxygens (including phenoxy) is 1. The molecule has 31 heavy (non-hydrogen) atoms. The second kappa shape index (κ2) is 7.85. The van der Waals surface area contributed by atoms with Crippen LogP contribution in [0.2, 0.25) is 0 Å². The van der Waals surface area contributed by atoms with E-state index in [1.54, 1.807) is 6.07 Å². The summed E-state index contributed by atoms with van der Waals surface area (Å²) in [4.78, 5) is 3.51. The van der Waals surface area contributed by atoms with Gasteiger partial charge in [0.25, 0.3) is 0 Å². The third kappa shape index (κ3) is 3.79. The van der Waals surface area contributed by atoms with Crippen molar-refractivity contribution in [2.45, 2.75) is 48.5 Å². The standard InChI is InChI=1S/C23H26N4O3S/c1-16-7-8-18(22-25-21(26-27-22)17-5-3-2-4-6-17)15-19(16)31(28,29)20-9-10-23(30-20)11-13-24-14-12-23/h2-8,15,20,24H,9-14H2,1H3,(H,25,26,27). The molecule has 2 fully saturated rings. The van der Waals surface area contributed by atoms with Gasteiger partial charge in [-0.15, -0.1) is 10.2 Å². The minimum Gasteiger partial charge on any atom is -0.355 e. The van der Waals surface area contributed by atoms with E-state index in [1.165, 1.54) is 0 Å². The van der Waals surface area contributed by atoms with Crippen LogP contribution in [0.3, 0.4) is 0 Å². The van der Waals surface area contributed by atoms with Crippen LogP contribution in [-0.2, 0) is 14.6 Å². The van der Waals surface area contributed by atoms with Crippen LogP contribution in [-0.4, -0.2) is 47.7 Å². The van der Waals surface area contributed by atoms with Gasteiger partial charge < -0.3 is 15.0 Å². The molecule has 3 aromatic rings. The molecule has 0 saturated carbocycles. The van der Waals surface area contributed by atoms with Gasteiger partial charge in [-0.05, 0) is 57.3 Å². The zero-order chi connectivity index (χ0) is 21.5. The second-order valence-corrected chi connectivity index (χ2v) is 10.5. The predicted molar refractivity (Wildman–Crippen MR) is 118 cm³/mol. The first-order chi connectivity index (χ1) is 15.0. The Bertz CT molecular complexity index is 1180. The maximum absolute atomic E-state index is 13.5. The fraction of sp³-hybridized carbons (Fsp3) is 0.391. The molecule has 1 atom stereocenters. The lowest BCUT2D eigenvalue weighted by Crippen LogP contribution is -2.42. The average molecular weight is 439 g/mol. The number of hydrogen-bond acceptors (Lipinski definition) is 6. The maximum atomic E-state index is 13.5. The molecule has 1 unspecified atom stereocenters. The van der Waals surface area contributed by atoms with Crippen LogP contribution in [0.15, 0.2) is 53.4 Å². The minimum absolute atomic E-state index is 0.302. The van der Waals surface area contributed by atoms with E-state index in [9.17, 15) is 8.42 Å². The van der Waals surface area contributed by atoms with Crippen molar-refractivity contribution in [2.24, 2.45) is 0 Å². The van der Waals surface area contributed by atoms with Crippen LogP contribution >= 0.6 is 0 Å². The third-order valence-electron chi connectivity index (χ3n) is 6.38. The van der Waals surface area contributed by atoms with E-state index in [0.29, 0.717) is 34.1 Å². The first-order valence-corrected chi connectivity index (χ1v) is 12.2. The molecule has 2 aliphatic heterocycles. The molecule has 1 aromatic heterocycles. The molecule has 7 nitrogen and oxygen atoms in total. The average Bonchev–Trinajstić information content (AvgIpc) is 3.44. The number of aromatic nitrogens is 3. The number of aromatic amines is 1. The number of piperidine rings is 1. The van der Waals surface area contributed by atoms with E-state index < -0.39 is 15.3 Å². The molecule has 1 spiro atoms. The third-order valence-corrected chi connectivity index (χ3v) is 8.46. The highest BCUT2D eigenvalue weighted by atomic mass is 32.2. The van der Waals surface area contributed by atoms with Crippen LogP contribution in [0.5, 0.6) is 0 Å². The first-order valence-electron chi connectivity index (χ1n) is 10.7. The summed E-state index contributed by atoms with van der Waals surface area (Å²) in [5.41, 5.74) is 1.22. The quantitative estimate of drug-likeness (QED) is 0.647. The van der Waals surface area contributed by atoms with E-state index in [0.717, 1.165) is 37.9 Å². The summed E-state index contributed by atoms with van der Waals surface area (Å²) < 4.78 is 33.2. The molecule has 2 aliphatic rings. The summed E-state index contributed by atoms with van der Waals surface area (Å²) in [6.07, 6.45) is 3.04. The van der Waals surface area contributed by atoms with Crippen molar-refractivity contribution in [3.8, 4) is 22.8 Å². The van der Waals surface area contributed by atoms with E-state index in [-0.39, 0.29) is 5.60 Å². The second-order valence-electron chi connectivity index (χ2n) is 8.43. The Morgan fingerprint density at radius 3 is 2.42 bits per heavy atom. The van der Waals surface area contributed by atoms with Crippen molar-refractivity contribution in [3.63, 3.8) is 0 Å². The van der Waals surface area contributed by atoms with Gasteiger partial charge >= 0.3 is 0 Å². The summed E-state index contributed by atoms with van der Waals surface area (Å²) in [5.74, 6) is 1.19. The number of sulfone groups is 1. The molecular formula is C23H26N4O3S. The minimum atomic E-state index is -3.63. The Morgan fingerprint density at radius 2 is 1.68 bits per heavy atom. The lowest BCUT2D eigenvalue weighted by molar-refractivity contribution is -0.0334. The van der Waals surface area contributed by atoms with Gasteiger partial charge in [0, 0.05) is 11.1 Å². The van der Waals surface area contributed by atoms with E-state index in [1.807, 2.05) is 49.4 Å². The van der Waals surface area contributed by atoms with Crippen LogP contribution in [0.4, 0.5) is 0 Å². The Labute approximate surface area is 182 Å². The zero-order valence-electron chi connectivity index (χ0n) is 17.5. The lowest BCUT2D eigenvalue weighted by Gasteiger charge is -2.33. The molecule has 162 valence electrons. The van der Waals surface area contributed by atoms with Crippen molar-refractivity contribution < 1.29 is 13.2 Å². The van der Waals surface area contributed by atoms with Crippen molar-refractivity contribution in [2.75, 3.05) is 13.1 Å². The number of nitrogens with one attached hydrogen (secondary N) is 2. The molecule has 5 rings (SSSR count). The highest BCUT2D eigenvalue weighted by Gasteiger charge is 2.46. The summed E-state index contributed by atoms with van der Waals surface area (Å²) in [6, 6.07) is 15.1. The van der Waals surface area contributed by atoms with Gasteiger partial charge in [-0.1, -0.05) is 42.5 Å². The molecule has 3 heterocycles. The number of rotatable bonds is 4. The number of nitrogens with zero attached hydrogens (tertiary/aromatic N) is 2. The van der Waals surface area contributed by atoms with Crippen LogP contribution in [0.1, 0.15) is 31.2 Å². The van der Waals surface area contributed by atoms with Gasteiger partial charge in [-0.2, -0.15) is 0 Å². The summed E-state index contributed by atoms with van der Waals surface area (Å²) >= 11 is 0. The molecule has 0 amide bonds. The van der Waals surface area contributed by atoms with Crippen molar-refractivity contribution in [3.05, 3.63) is 54.1 Å². The number of hydrogen-bond donors (Lipinski definition) is 2. The topological polar surface area (TPSA) is 97.0 Å². The van der Waals surface area contributed by atoms with Gasteiger partial charge in [-0.25, -0.2) is 8.42 Å². The Kier molecular flexibility index (Phi) is 5.16. The van der Waals surface area contributed by atoms with E-state index >= 15 is 0 Å². The fourth-order valence-corrected chi connectivity index (χ4v) is 6.41. The van der Waals surface area contributed by atoms with Crippen molar-refractivity contribution >= 4 is 9.84 Å². The molecule has 2 aromatic carbocycles.